The number of rotatable bonds is 5. The fraction of sp³-hybridized carbons (Fsp3) is 0.211. The summed E-state index contributed by atoms with van der Waals surface area (Å²) < 4.78 is 0. The summed E-state index contributed by atoms with van der Waals surface area (Å²) in [5.41, 5.74) is 1.64. The molecule has 0 fully saturated rings. The van der Waals surface area contributed by atoms with E-state index in [2.05, 4.69) is 0 Å². The van der Waals surface area contributed by atoms with Crippen LogP contribution in [0.3, 0.4) is 0 Å². The first-order valence-corrected chi connectivity index (χ1v) is 7.81. The van der Waals surface area contributed by atoms with Crippen molar-refractivity contribution in [1.29, 1.82) is 0 Å². The predicted molar refractivity (Wildman–Crippen MR) is 87.0 cm³/mol. The zero-order chi connectivity index (χ0) is 17.1. The van der Waals surface area contributed by atoms with Crippen LogP contribution in [0.5, 0.6) is 0 Å². The van der Waals surface area contributed by atoms with E-state index in [1.807, 2.05) is 30.3 Å². The third-order valence-corrected chi connectivity index (χ3v) is 4.05. The van der Waals surface area contributed by atoms with Gasteiger partial charge in [0.15, 0.2) is 0 Å². The van der Waals surface area contributed by atoms with Gasteiger partial charge in [0.1, 0.15) is 0 Å². The minimum Gasteiger partial charge on any atom is -0.329 e. The highest BCUT2D eigenvalue weighted by Gasteiger charge is 2.39. The number of nitrogens with zero attached hydrogens (tertiary/aromatic N) is 1. The summed E-state index contributed by atoms with van der Waals surface area (Å²) in [5.74, 6) is -2.20. The molecular weight excluding hydrogens is 306 g/mol. The summed E-state index contributed by atoms with van der Waals surface area (Å²) in [6, 6.07) is 16.2. The molecule has 122 valence electrons. The Morgan fingerprint density at radius 1 is 0.958 bits per heavy atom. The lowest BCUT2D eigenvalue weighted by Gasteiger charge is -2.16. The largest absolute Gasteiger partial charge is 0.336 e. The molecule has 2 amide bonds. The van der Waals surface area contributed by atoms with Crippen LogP contribution in [-0.4, -0.2) is 22.8 Å². The van der Waals surface area contributed by atoms with Crippen molar-refractivity contribution in [3.05, 3.63) is 71.3 Å². The second kappa shape index (κ2) is 6.66. The van der Waals surface area contributed by atoms with Crippen molar-refractivity contribution in [3.8, 4) is 0 Å². The number of hydroxylamine groups is 2. The van der Waals surface area contributed by atoms with Gasteiger partial charge in [0.05, 0.1) is 17.0 Å². The number of fused-ring (bicyclic) bond motifs is 1. The van der Waals surface area contributed by atoms with E-state index in [0.717, 1.165) is 12.0 Å². The normalized spacial score (nSPS) is 14.5. The molecule has 3 rings (SSSR count). The predicted octanol–water partition coefficient (Wildman–Crippen LogP) is 3.01. The van der Waals surface area contributed by atoms with Gasteiger partial charge in [-0.15, -0.1) is 0 Å². The van der Waals surface area contributed by atoms with Gasteiger partial charge in [-0.05, 0) is 30.5 Å². The van der Waals surface area contributed by atoms with Gasteiger partial charge in [-0.25, -0.2) is 4.79 Å². The van der Waals surface area contributed by atoms with Gasteiger partial charge in [0, 0.05) is 0 Å². The molecule has 1 aliphatic rings. The van der Waals surface area contributed by atoms with Crippen molar-refractivity contribution < 1.29 is 19.2 Å². The van der Waals surface area contributed by atoms with E-state index in [1.54, 1.807) is 31.2 Å². The monoisotopic (exact) mass is 323 g/mol. The lowest BCUT2D eigenvalue weighted by molar-refractivity contribution is -0.173. The van der Waals surface area contributed by atoms with Crippen molar-refractivity contribution in [2.75, 3.05) is 0 Å². The average Bonchev–Trinajstić information content (AvgIpc) is 2.86. The Bertz CT molecular complexity index is 750. The smallest absolute Gasteiger partial charge is 0.329 e. The Morgan fingerprint density at radius 3 is 2.08 bits per heavy atom. The number of hydrogen-bond donors (Lipinski definition) is 0. The van der Waals surface area contributed by atoms with Crippen LogP contribution in [0.25, 0.3) is 0 Å². The van der Waals surface area contributed by atoms with Crippen molar-refractivity contribution in [2.45, 2.75) is 19.8 Å². The van der Waals surface area contributed by atoms with Crippen molar-refractivity contribution in [3.63, 3.8) is 0 Å². The summed E-state index contributed by atoms with van der Waals surface area (Å²) in [4.78, 5) is 41.6. The van der Waals surface area contributed by atoms with Crippen LogP contribution < -0.4 is 0 Å². The second-order valence-corrected chi connectivity index (χ2v) is 5.79. The molecule has 1 aliphatic heterocycles. The SMILES string of the molecule is CC(CCc1ccccc1)C(=O)ON1C(=O)c2ccccc2C1=O. The van der Waals surface area contributed by atoms with Gasteiger partial charge < -0.3 is 4.84 Å². The molecule has 0 aliphatic carbocycles. The number of carbonyl (C=O) groups excluding carboxylic acids is 3. The summed E-state index contributed by atoms with van der Waals surface area (Å²) in [7, 11) is 0. The standard InChI is InChI=1S/C19H17NO4/c1-13(11-12-14-7-3-2-4-8-14)19(23)24-20-17(21)15-9-5-6-10-16(15)18(20)22/h2-10,13H,11-12H2,1H3. The molecule has 5 heteroatoms. The maximum atomic E-state index is 12.2. The van der Waals surface area contributed by atoms with Gasteiger partial charge in [-0.1, -0.05) is 54.5 Å². The zero-order valence-corrected chi connectivity index (χ0v) is 13.3. The third kappa shape index (κ3) is 3.06. The minimum absolute atomic E-state index is 0.257. The number of imide groups is 1. The molecular formula is C19H17NO4. The number of amides is 2. The maximum absolute atomic E-state index is 12.2. The molecule has 24 heavy (non-hydrogen) atoms. The van der Waals surface area contributed by atoms with Gasteiger partial charge in [-0.2, -0.15) is 0 Å². The Hall–Kier alpha value is -2.95. The highest BCUT2D eigenvalue weighted by atomic mass is 16.7. The van der Waals surface area contributed by atoms with E-state index < -0.39 is 23.7 Å². The van der Waals surface area contributed by atoms with Crippen LogP contribution in [-0.2, 0) is 16.1 Å². The summed E-state index contributed by atoms with van der Waals surface area (Å²) in [6.07, 6.45) is 1.30. The Morgan fingerprint density at radius 2 is 1.50 bits per heavy atom. The highest BCUT2D eigenvalue weighted by molar-refractivity contribution is 6.20. The molecule has 0 aromatic heterocycles. The van der Waals surface area contributed by atoms with Crippen molar-refractivity contribution >= 4 is 17.8 Å². The molecule has 1 heterocycles. The van der Waals surface area contributed by atoms with Crippen LogP contribution >= 0.6 is 0 Å². The van der Waals surface area contributed by atoms with Crippen molar-refractivity contribution in [2.24, 2.45) is 5.92 Å². The first-order valence-electron chi connectivity index (χ1n) is 7.81. The van der Waals surface area contributed by atoms with Crippen LogP contribution in [0.1, 0.15) is 39.6 Å². The molecule has 0 saturated carbocycles. The molecule has 0 N–H and O–H groups in total. The van der Waals surface area contributed by atoms with Crippen LogP contribution in [0.2, 0.25) is 0 Å². The average molecular weight is 323 g/mol. The van der Waals surface area contributed by atoms with E-state index >= 15 is 0 Å². The summed E-state index contributed by atoms with van der Waals surface area (Å²) in [5, 5.41) is 0.562. The zero-order valence-electron chi connectivity index (χ0n) is 13.3. The van der Waals surface area contributed by atoms with E-state index in [0.29, 0.717) is 11.5 Å². The quantitative estimate of drug-likeness (QED) is 0.794. The fourth-order valence-corrected chi connectivity index (χ4v) is 2.58. The maximum Gasteiger partial charge on any atom is 0.336 e. The van der Waals surface area contributed by atoms with Crippen LogP contribution in [0.4, 0.5) is 0 Å². The van der Waals surface area contributed by atoms with Gasteiger partial charge in [0.2, 0.25) is 0 Å². The highest BCUT2D eigenvalue weighted by Crippen LogP contribution is 2.23. The molecule has 0 bridgehead atoms. The summed E-state index contributed by atoms with van der Waals surface area (Å²) >= 11 is 0. The molecule has 5 nitrogen and oxygen atoms in total. The number of carbonyl (C=O) groups is 3. The lowest BCUT2D eigenvalue weighted by Crippen LogP contribution is -2.34. The fourth-order valence-electron chi connectivity index (χ4n) is 2.58. The van der Waals surface area contributed by atoms with E-state index in [9.17, 15) is 14.4 Å². The van der Waals surface area contributed by atoms with Gasteiger partial charge in [-0.3, -0.25) is 9.59 Å². The van der Waals surface area contributed by atoms with E-state index in [1.165, 1.54) is 0 Å². The molecule has 1 unspecified atom stereocenters. The number of benzene rings is 2. The molecule has 2 aromatic rings. The topological polar surface area (TPSA) is 63.7 Å². The number of hydrogen-bond acceptors (Lipinski definition) is 4. The molecule has 0 saturated heterocycles. The van der Waals surface area contributed by atoms with Crippen LogP contribution in [0, 0.1) is 5.92 Å². The third-order valence-electron chi connectivity index (χ3n) is 4.05. The first kappa shape index (κ1) is 15.9. The molecule has 1 atom stereocenters. The first-order chi connectivity index (χ1) is 11.6. The molecule has 0 radical (unpaired) electrons. The Balaban J connectivity index is 1.61. The van der Waals surface area contributed by atoms with Gasteiger partial charge in [0.25, 0.3) is 11.8 Å². The van der Waals surface area contributed by atoms with E-state index in [-0.39, 0.29) is 11.1 Å². The van der Waals surface area contributed by atoms with Gasteiger partial charge >= 0.3 is 5.97 Å². The van der Waals surface area contributed by atoms with E-state index in [4.69, 9.17) is 4.84 Å². The van der Waals surface area contributed by atoms with Crippen LogP contribution in [0.15, 0.2) is 54.6 Å². The second-order valence-electron chi connectivity index (χ2n) is 5.79. The molecule has 2 aromatic carbocycles. The lowest BCUT2D eigenvalue weighted by atomic mass is 10.0. The molecule has 0 spiro atoms. The Labute approximate surface area is 139 Å². The van der Waals surface area contributed by atoms with Crippen molar-refractivity contribution in [1.82, 2.24) is 5.06 Å². The minimum atomic E-state index is -0.598. The summed E-state index contributed by atoms with van der Waals surface area (Å²) in [6.45, 7) is 1.73. The Kier molecular flexibility index (Phi) is 4.42. The number of aryl methyl sites for hydroxylation is 1.